The van der Waals surface area contributed by atoms with Gasteiger partial charge < -0.3 is 9.64 Å². The van der Waals surface area contributed by atoms with E-state index in [2.05, 4.69) is 14.8 Å². The van der Waals surface area contributed by atoms with Crippen molar-refractivity contribution in [3.05, 3.63) is 53.8 Å². The molecule has 1 heterocycles. The van der Waals surface area contributed by atoms with Gasteiger partial charge in [-0.25, -0.2) is 9.38 Å². The molecular formula is C18H17F3N4O. The Labute approximate surface area is 148 Å². The topological polar surface area (TPSA) is 42.7 Å². The average molecular weight is 362 g/mol. The zero-order valence-corrected chi connectivity index (χ0v) is 14.2. The summed E-state index contributed by atoms with van der Waals surface area (Å²) in [6.07, 6.45) is 1.62. The molecule has 0 saturated carbocycles. The summed E-state index contributed by atoms with van der Waals surface area (Å²) in [4.78, 5) is 6.09. The minimum atomic E-state index is -2.86. The van der Waals surface area contributed by atoms with Gasteiger partial charge in [-0.15, -0.1) is 0 Å². The zero-order valence-electron chi connectivity index (χ0n) is 14.2. The highest BCUT2D eigenvalue weighted by Gasteiger charge is 2.12. The molecule has 0 atom stereocenters. The molecule has 0 N–H and O–H groups in total. The Morgan fingerprint density at radius 3 is 2.58 bits per heavy atom. The summed E-state index contributed by atoms with van der Waals surface area (Å²) in [5.41, 5.74) is 1.41. The van der Waals surface area contributed by atoms with Gasteiger partial charge in [0, 0.05) is 19.5 Å². The summed E-state index contributed by atoms with van der Waals surface area (Å²) in [7, 11) is 3.68. The summed E-state index contributed by atoms with van der Waals surface area (Å²) in [5.74, 6) is 0.185. The number of halogens is 3. The minimum absolute atomic E-state index is 0.0800. The van der Waals surface area contributed by atoms with Crippen molar-refractivity contribution in [2.75, 3.05) is 14.1 Å². The second-order valence-electron chi connectivity index (χ2n) is 5.87. The summed E-state index contributed by atoms with van der Waals surface area (Å²) in [6, 6.07) is 10.6. The molecule has 0 radical (unpaired) electrons. The third-order valence-corrected chi connectivity index (χ3v) is 3.59. The first-order valence-corrected chi connectivity index (χ1v) is 7.83. The molecule has 26 heavy (non-hydrogen) atoms. The lowest BCUT2D eigenvalue weighted by Crippen LogP contribution is -2.07. The van der Waals surface area contributed by atoms with Crippen LogP contribution in [0.2, 0.25) is 0 Å². The molecule has 3 aromatic rings. The van der Waals surface area contributed by atoms with Crippen molar-refractivity contribution in [3.63, 3.8) is 0 Å². The van der Waals surface area contributed by atoms with Crippen LogP contribution in [0, 0.1) is 5.82 Å². The molecule has 0 saturated heterocycles. The third-order valence-electron chi connectivity index (χ3n) is 3.59. The molecule has 0 aliphatic carbocycles. The van der Waals surface area contributed by atoms with Crippen molar-refractivity contribution < 1.29 is 17.9 Å². The van der Waals surface area contributed by atoms with Gasteiger partial charge >= 0.3 is 6.61 Å². The first kappa shape index (κ1) is 17.8. The fourth-order valence-corrected chi connectivity index (χ4v) is 2.46. The van der Waals surface area contributed by atoms with Gasteiger partial charge in [0.25, 0.3) is 0 Å². The molecule has 136 valence electrons. The van der Waals surface area contributed by atoms with Gasteiger partial charge in [0.15, 0.2) is 5.82 Å². The van der Waals surface area contributed by atoms with Crippen molar-refractivity contribution in [2.24, 2.45) is 4.99 Å². The molecule has 5 nitrogen and oxygen atoms in total. The van der Waals surface area contributed by atoms with E-state index in [1.165, 1.54) is 24.3 Å². The molecule has 0 bridgehead atoms. The lowest BCUT2D eigenvalue weighted by Gasteiger charge is -2.07. The van der Waals surface area contributed by atoms with Crippen LogP contribution >= 0.6 is 0 Å². The fraction of sp³-hybridized carbons (Fsp3) is 0.222. The molecule has 0 aliphatic rings. The van der Waals surface area contributed by atoms with E-state index >= 15 is 0 Å². The normalized spacial score (nSPS) is 11.6. The van der Waals surface area contributed by atoms with Crippen molar-refractivity contribution in [1.82, 2.24) is 14.7 Å². The first-order chi connectivity index (χ1) is 12.4. The van der Waals surface area contributed by atoms with Crippen LogP contribution in [0.15, 0.2) is 47.5 Å². The second-order valence-corrected chi connectivity index (χ2v) is 5.87. The molecule has 3 rings (SSSR count). The first-order valence-electron chi connectivity index (χ1n) is 7.83. The van der Waals surface area contributed by atoms with E-state index in [1.54, 1.807) is 34.1 Å². The molecule has 2 aromatic carbocycles. The van der Waals surface area contributed by atoms with E-state index in [-0.39, 0.29) is 11.6 Å². The predicted octanol–water partition coefficient (Wildman–Crippen LogP) is 4.05. The number of rotatable bonds is 6. The Bertz CT molecular complexity index is 920. The van der Waals surface area contributed by atoms with Gasteiger partial charge in [-0.1, -0.05) is 12.1 Å². The van der Waals surface area contributed by atoms with Gasteiger partial charge in [0.1, 0.15) is 11.6 Å². The molecule has 0 fully saturated rings. The number of hydrogen-bond acceptors (Lipinski definition) is 3. The maximum atomic E-state index is 13.7. The van der Waals surface area contributed by atoms with Crippen LogP contribution in [0.25, 0.3) is 10.9 Å². The van der Waals surface area contributed by atoms with E-state index in [0.29, 0.717) is 17.9 Å². The lowest BCUT2D eigenvalue weighted by atomic mass is 10.2. The standard InChI is InChI=1S/C18H17F3N4O/c1-24(2)11-22-17-15-8-5-13(19)9-16(15)25(23-17)10-12-3-6-14(7-4-12)26-18(20)21/h3-9,11,18H,10H2,1-2H3. The lowest BCUT2D eigenvalue weighted by molar-refractivity contribution is -0.0498. The van der Waals surface area contributed by atoms with Crippen LogP contribution in [0.3, 0.4) is 0 Å². The highest BCUT2D eigenvalue weighted by Crippen LogP contribution is 2.27. The Morgan fingerprint density at radius 1 is 1.19 bits per heavy atom. The monoisotopic (exact) mass is 362 g/mol. The van der Waals surface area contributed by atoms with Crippen LogP contribution in [0.4, 0.5) is 19.0 Å². The molecule has 1 aromatic heterocycles. The Kier molecular flexibility index (Phi) is 5.11. The number of alkyl halides is 2. The highest BCUT2D eigenvalue weighted by atomic mass is 19.3. The van der Waals surface area contributed by atoms with E-state index < -0.39 is 6.61 Å². The van der Waals surface area contributed by atoms with Gasteiger partial charge in [-0.2, -0.15) is 13.9 Å². The molecule has 8 heteroatoms. The smallest absolute Gasteiger partial charge is 0.387 e. The van der Waals surface area contributed by atoms with Crippen molar-refractivity contribution >= 4 is 23.1 Å². The largest absolute Gasteiger partial charge is 0.435 e. The van der Waals surface area contributed by atoms with Crippen LogP contribution in [-0.2, 0) is 6.54 Å². The van der Waals surface area contributed by atoms with E-state index in [4.69, 9.17) is 0 Å². The molecule has 0 aliphatic heterocycles. The van der Waals surface area contributed by atoms with E-state index in [1.807, 2.05) is 14.1 Å². The fourth-order valence-electron chi connectivity index (χ4n) is 2.46. The van der Waals surface area contributed by atoms with Gasteiger partial charge in [0.2, 0.25) is 0 Å². The van der Waals surface area contributed by atoms with Crippen LogP contribution < -0.4 is 4.74 Å². The van der Waals surface area contributed by atoms with Crippen molar-refractivity contribution in [2.45, 2.75) is 13.2 Å². The van der Waals surface area contributed by atoms with E-state index in [0.717, 1.165) is 10.9 Å². The van der Waals surface area contributed by atoms with Gasteiger partial charge in [-0.05, 0) is 35.9 Å². The molecule has 0 spiro atoms. The Balaban J connectivity index is 1.93. The predicted molar refractivity (Wildman–Crippen MR) is 93.7 cm³/mol. The highest BCUT2D eigenvalue weighted by molar-refractivity contribution is 5.90. The number of fused-ring (bicyclic) bond motifs is 1. The summed E-state index contributed by atoms with van der Waals surface area (Å²) >= 11 is 0. The van der Waals surface area contributed by atoms with Crippen LogP contribution in [-0.4, -0.2) is 41.7 Å². The maximum absolute atomic E-state index is 13.7. The Hall–Kier alpha value is -3.03. The summed E-state index contributed by atoms with van der Waals surface area (Å²) < 4.78 is 44.1. The molecular weight excluding hydrogens is 345 g/mol. The summed E-state index contributed by atoms with van der Waals surface area (Å²) in [6.45, 7) is -2.53. The average Bonchev–Trinajstić information content (AvgIpc) is 2.91. The van der Waals surface area contributed by atoms with Crippen LogP contribution in [0.5, 0.6) is 5.75 Å². The number of nitrogens with zero attached hydrogens (tertiary/aromatic N) is 4. The summed E-state index contributed by atoms with van der Waals surface area (Å²) in [5, 5.41) is 5.17. The SMILES string of the molecule is CN(C)C=Nc1nn(Cc2ccc(OC(F)F)cc2)c2cc(F)ccc12. The van der Waals surface area contributed by atoms with Crippen molar-refractivity contribution in [1.29, 1.82) is 0 Å². The number of aliphatic imine (C=N–C) groups is 1. The van der Waals surface area contributed by atoms with Crippen molar-refractivity contribution in [3.8, 4) is 5.75 Å². The quantitative estimate of drug-likeness (QED) is 0.491. The van der Waals surface area contributed by atoms with Gasteiger partial charge in [0.05, 0.1) is 18.4 Å². The third kappa shape index (κ3) is 4.14. The number of aromatic nitrogens is 2. The molecule has 0 amide bonds. The van der Waals surface area contributed by atoms with Crippen LogP contribution in [0.1, 0.15) is 5.56 Å². The molecule has 0 unspecified atom stereocenters. The minimum Gasteiger partial charge on any atom is -0.435 e. The zero-order chi connectivity index (χ0) is 18.7. The Morgan fingerprint density at radius 2 is 1.92 bits per heavy atom. The maximum Gasteiger partial charge on any atom is 0.387 e. The number of hydrogen-bond donors (Lipinski definition) is 0. The van der Waals surface area contributed by atoms with Gasteiger partial charge in [-0.3, -0.25) is 4.68 Å². The number of benzene rings is 2. The number of ether oxygens (including phenoxy) is 1. The second kappa shape index (κ2) is 7.47. The van der Waals surface area contributed by atoms with E-state index in [9.17, 15) is 13.2 Å².